The molecule has 0 aliphatic rings. The van der Waals surface area contributed by atoms with E-state index in [1.165, 1.54) is 11.8 Å². The second-order valence-corrected chi connectivity index (χ2v) is 5.61. The molecule has 1 aromatic carbocycles. The van der Waals surface area contributed by atoms with E-state index in [9.17, 15) is 0 Å². The highest BCUT2D eigenvalue weighted by Crippen LogP contribution is 2.23. The van der Waals surface area contributed by atoms with E-state index in [1.54, 1.807) is 16.8 Å². The molecule has 21 heavy (non-hydrogen) atoms. The van der Waals surface area contributed by atoms with Gasteiger partial charge in [0.05, 0.1) is 23.7 Å². The number of hydrogen-bond donors (Lipinski definition) is 0. The number of hydrogen-bond acceptors (Lipinski definition) is 6. The molecule has 0 bridgehead atoms. The first-order chi connectivity index (χ1) is 10.2. The number of benzene rings is 1. The Morgan fingerprint density at radius 3 is 2.71 bits per heavy atom. The summed E-state index contributed by atoms with van der Waals surface area (Å²) in [6.45, 7) is 0. The van der Waals surface area contributed by atoms with Gasteiger partial charge >= 0.3 is 0 Å². The standard InChI is InChI=1S/C13H11ClN6S/c14-11-3-5-12(6-4-11)20-13(17-18-19-20)21-9-10(8-16)2-1-7-15/h3-6,10H,1-2,9H2/t10-/m1/s1. The van der Waals surface area contributed by atoms with Crippen LogP contribution in [0, 0.1) is 28.6 Å². The third-order valence-electron chi connectivity index (χ3n) is 2.71. The van der Waals surface area contributed by atoms with E-state index in [2.05, 4.69) is 21.6 Å². The molecule has 0 saturated carbocycles. The molecule has 0 spiro atoms. The SMILES string of the molecule is N#CCC[C@H](C#N)CSc1nnnn1-c1ccc(Cl)cc1. The number of nitrogens with zero attached hydrogens (tertiary/aromatic N) is 6. The van der Waals surface area contributed by atoms with Gasteiger partial charge in [0.25, 0.3) is 0 Å². The fraction of sp³-hybridized carbons (Fsp3) is 0.308. The first-order valence-electron chi connectivity index (χ1n) is 6.18. The van der Waals surface area contributed by atoms with Crippen LogP contribution in [0.1, 0.15) is 12.8 Å². The van der Waals surface area contributed by atoms with Crippen LogP contribution in [0.2, 0.25) is 5.02 Å². The number of halogens is 1. The van der Waals surface area contributed by atoms with Gasteiger partial charge in [-0.1, -0.05) is 23.4 Å². The number of rotatable bonds is 6. The lowest BCUT2D eigenvalue weighted by molar-refractivity contribution is 0.682. The van der Waals surface area contributed by atoms with Gasteiger partial charge in [0.15, 0.2) is 0 Å². The molecule has 0 aliphatic heterocycles. The summed E-state index contributed by atoms with van der Waals surface area (Å²) < 4.78 is 1.60. The second-order valence-electron chi connectivity index (χ2n) is 4.18. The monoisotopic (exact) mass is 318 g/mol. The average molecular weight is 319 g/mol. The summed E-state index contributed by atoms with van der Waals surface area (Å²) in [5, 5.41) is 30.4. The smallest absolute Gasteiger partial charge is 0.198 e. The van der Waals surface area contributed by atoms with Crippen molar-refractivity contribution in [2.45, 2.75) is 18.0 Å². The van der Waals surface area contributed by atoms with E-state index >= 15 is 0 Å². The van der Waals surface area contributed by atoms with Gasteiger partial charge in [-0.05, 0) is 41.1 Å². The van der Waals surface area contributed by atoms with Crippen LogP contribution in [-0.2, 0) is 0 Å². The molecular formula is C13H11ClN6S. The maximum absolute atomic E-state index is 9.05. The summed E-state index contributed by atoms with van der Waals surface area (Å²) >= 11 is 7.25. The summed E-state index contributed by atoms with van der Waals surface area (Å²) in [6.07, 6.45) is 0.934. The Hall–Kier alpha value is -2.09. The molecule has 0 amide bonds. The van der Waals surface area contributed by atoms with Gasteiger partial charge in [0, 0.05) is 17.2 Å². The molecule has 6 nitrogen and oxygen atoms in total. The summed E-state index contributed by atoms with van der Waals surface area (Å²) in [6, 6.07) is 11.4. The maximum atomic E-state index is 9.05. The first kappa shape index (κ1) is 15.3. The predicted molar refractivity (Wildman–Crippen MR) is 78.8 cm³/mol. The zero-order valence-corrected chi connectivity index (χ0v) is 12.5. The van der Waals surface area contributed by atoms with Crippen molar-refractivity contribution in [2.75, 3.05) is 5.75 Å². The van der Waals surface area contributed by atoms with Crippen LogP contribution in [0.3, 0.4) is 0 Å². The predicted octanol–water partition coefficient (Wildman–Crippen LogP) is 2.85. The van der Waals surface area contributed by atoms with Gasteiger partial charge in [-0.2, -0.15) is 15.2 Å². The van der Waals surface area contributed by atoms with Crippen LogP contribution in [0.4, 0.5) is 0 Å². The van der Waals surface area contributed by atoms with Crippen molar-refractivity contribution < 1.29 is 0 Å². The maximum Gasteiger partial charge on any atom is 0.214 e. The highest BCUT2D eigenvalue weighted by Gasteiger charge is 2.13. The van der Waals surface area contributed by atoms with E-state index in [0.717, 1.165) is 5.69 Å². The van der Waals surface area contributed by atoms with Crippen LogP contribution in [0.15, 0.2) is 29.4 Å². The quantitative estimate of drug-likeness (QED) is 0.760. The zero-order chi connectivity index (χ0) is 15.1. The van der Waals surface area contributed by atoms with Crippen LogP contribution in [0.25, 0.3) is 5.69 Å². The Labute approximate surface area is 131 Å². The molecule has 1 heterocycles. The van der Waals surface area contributed by atoms with Crippen LogP contribution < -0.4 is 0 Å². The minimum absolute atomic E-state index is 0.190. The third-order valence-corrected chi connectivity index (χ3v) is 4.05. The van der Waals surface area contributed by atoms with Gasteiger partial charge in [-0.15, -0.1) is 5.10 Å². The van der Waals surface area contributed by atoms with E-state index in [-0.39, 0.29) is 5.92 Å². The van der Waals surface area contributed by atoms with Gasteiger partial charge in [-0.25, -0.2) is 0 Å². The second kappa shape index (κ2) is 7.63. The topological polar surface area (TPSA) is 91.2 Å². The Morgan fingerprint density at radius 2 is 2.05 bits per heavy atom. The highest BCUT2D eigenvalue weighted by atomic mass is 35.5. The van der Waals surface area contributed by atoms with Crippen molar-refractivity contribution in [2.24, 2.45) is 5.92 Å². The number of tetrazole rings is 1. The molecule has 1 aromatic heterocycles. The fourth-order valence-corrected chi connectivity index (χ4v) is 2.69. The van der Waals surface area contributed by atoms with E-state index in [4.69, 9.17) is 22.1 Å². The van der Waals surface area contributed by atoms with Crippen molar-refractivity contribution in [1.82, 2.24) is 20.2 Å². The van der Waals surface area contributed by atoms with E-state index < -0.39 is 0 Å². The fourth-order valence-electron chi connectivity index (χ4n) is 1.61. The molecule has 0 unspecified atom stereocenters. The van der Waals surface area contributed by atoms with Crippen molar-refractivity contribution in [3.63, 3.8) is 0 Å². The lowest BCUT2D eigenvalue weighted by Crippen LogP contribution is -2.03. The Kier molecular flexibility index (Phi) is 5.56. The largest absolute Gasteiger partial charge is 0.214 e. The van der Waals surface area contributed by atoms with Crippen LogP contribution >= 0.6 is 23.4 Å². The van der Waals surface area contributed by atoms with Crippen molar-refractivity contribution in [3.8, 4) is 17.8 Å². The van der Waals surface area contributed by atoms with Crippen LogP contribution in [0.5, 0.6) is 0 Å². The van der Waals surface area contributed by atoms with Gasteiger partial charge in [-0.3, -0.25) is 0 Å². The van der Waals surface area contributed by atoms with Crippen molar-refractivity contribution in [3.05, 3.63) is 29.3 Å². The van der Waals surface area contributed by atoms with Gasteiger partial charge in [0.2, 0.25) is 5.16 Å². The molecule has 8 heteroatoms. The first-order valence-corrected chi connectivity index (χ1v) is 7.54. The Morgan fingerprint density at radius 1 is 1.29 bits per heavy atom. The molecule has 106 valence electrons. The van der Waals surface area contributed by atoms with Crippen molar-refractivity contribution >= 4 is 23.4 Å². The summed E-state index contributed by atoms with van der Waals surface area (Å²) in [4.78, 5) is 0. The van der Waals surface area contributed by atoms with Gasteiger partial charge in [0.1, 0.15) is 0 Å². The molecule has 0 saturated heterocycles. The Balaban J connectivity index is 2.06. The molecule has 0 radical (unpaired) electrons. The minimum atomic E-state index is -0.190. The summed E-state index contributed by atoms with van der Waals surface area (Å²) in [7, 11) is 0. The lowest BCUT2D eigenvalue weighted by atomic mass is 10.1. The van der Waals surface area contributed by atoms with E-state index in [0.29, 0.717) is 28.8 Å². The number of thioether (sulfide) groups is 1. The number of nitriles is 2. The third kappa shape index (κ3) is 4.19. The van der Waals surface area contributed by atoms with Crippen molar-refractivity contribution in [1.29, 1.82) is 10.5 Å². The lowest BCUT2D eigenvalue weighted by Gasteiger charge is -2.07. The number of aromatic nitrogens is 4. The average Bonchev–Trinajstić information content (AvgIpc) is 2.97. The summed E-state index contributed by atoms with van der Waals surface area (Å²) in [5.41, 5.74) is 0.803. The van der Waals surface area contributed by atoms with Crippen LogP contribution in [-0.4, -0.2) is 26.0 Å². The molecule has 0 aliphatic carbocycles. The minimum Gasteiger partial charge on any atom is -0.198 e. The molecule has 0 N–H and O–H groups in total. The summed E-state index contributed by atoms with van der Waals surface area (Å²) in [5.74, 6) is 0.358. The molecule has 2 aromatic rings. The van der Waals surface area contributed by atoms with Gasteiger partial charge < -0.3 is 0 Å². The molecule has 1 atom stereocenters. The highest BCUT2D eigenvalue weighted by molar-refractivity contribution is 7.99. The molecule has 2 rings (SSSR count). The normalized spacial score (nSPS) is 11.6. The Bertz CT molecular complexity index is 669. The molecular weight excluding hydrogens is 308 g/mol. The zero-order valence-electron chi connectivity index (χ0n) is 11.0. The van der Waals surface area contributed by atoms with E-state index in [1.807, 2.05) is 18.2 Å². The molecule has 0 fully saturated rings.